The van der Waals surface area contributed by atoms with E-state index in [-0.39, 0.29) is 5.69 Å². The van der Waals surface area contributed by atoms with Gasteiger partial charge in [-0.2, -0.15) is 5.10 Å². The average molecular weight is 393 g/mol. The zero-order chi connectivity index (χ0) is 20.4. The van der Waals surface area contributed by atoms with Crippen LogP contribution in [0.15, 0.2) is 73.2 Å². The van der Waals surface area contributed by atoms with Crippen LogP contribution >= 0.6 is 0 Å². The predicted molar refractivity (Wildman–Crippen MR) is 102 cm³/mol. The lowest BCUT2D eigenvalue weighted by molar-refractivity contribution is 0.0935. The number of rotatable bonds is 5. The molecule has 0 aliphatic rings. The van der Waals surface area contributed by atoms with Crippen LogP contribution in [-0.4, -0.2) is 25.2 Å². The first-order chi connectivity index (χ1) is 14.0. The molecule has 0 fully saturated rings. The van der Waals surface area contributed by atoms with E-state index in [9.17, 15) is 13.6 Å². The number of imidazole rings is 1. The van der Waals surface area contributed by atoms with Crippen molar-refractivity contribution in [3.8, 4) is 5.69 Å². The first-order valence-corrected chi connectivity index (χ1v) is 8.86. The number of carbonyl (C=O) groups excluding carboxylic acids is 1. The van der Waals surface area contributed by atoms with Gasteiger partial charge in [0.15, 0.2) is 5.69 Å². The normalized spacial score (nSPS) is 12.0. The molecule has 1 unspecified atom stereocenters. The Morgan fingerprint density at radius 2 is 1.79 bits per heavy atom. The van der Waals surface area contributed by atoms with E-state index >= 15 is 0 Å². The zero-order valence-electron chi connectivity index (χ0n) is 15.5. The minimum atomic E-state index is -0.669. The Morgan fingerprint density at radius 1 is 1.03 bits per heavy atom. The molecule has 2 heterocycles. The van der Waals surface area contributed by atoms with E-state index < -0.39 is 23.6 Å². The second kappa shape index (κ2) is 7.67. The molecular weight excluding hydrogens is 376 g/mol. The summed E-state index contributed by atoms with van der Waals surface area (Å²) in [6.07, 6.45) is 4.92. The van der Waals surface area contributed by atoms with E-state index in [1.165, 1.54) is 35.0 Å². The number of aryl methyl sites for hydroxylation is 1. The Kier molecular flexibility index (Phi) is 4.90. The highest BCUT2D eigenvalue weighted by Gasteiger charge is 2.23. The highest BCUT2D eigenvalue weighted by molar-refractivity contribution is 5.92. The van der Waals surface area contributed by atoms with Gasteiger partial charge in [-0.25, -0.2) is 18.4 Å². The Balaban J connectivity index is 1.63. The second-order valence-electron chi connectivity index (χ2n) is 6.48. The van der Waals surface area contributed by atoms with E-state index in [0.717, 1.165) is 0 Å². The smallest absolute Gasteiger partial charge is 0.272 e. The summed E-state index contributed by atoms with van der Waals surface area (Å²) in [6.45, 7) is 0. The first kappa shape index (κ1) is 18.5. The summed E-state index contributed by atoms with van der Waals surface area (Å²) in [7, 11) is 1.79. The Bertz CT molecular complexity index is 1170. The maximum Gasteiger partial charge on any atom is 0.272 e. The first-order valence-electron chi connectivity index (χ1n) is 8.86. The van der Waals surface area contributed by atoms with E-state index in [1.807, 2.05) is 0 Å². The molecule has 0 aliphatic carbocycles. The fourth-order valence-electron chi connectivity index (χ4n) is 3.05. The minimum absolute atomic E-state index is 0.143. The van der Waals surface area contributed by atoms with Crippen LogP contribution in [0.5, 0.6) is 0 Å². The Hall–Kier alpha value is -3.81. The number of benzene rings is 2. The predicted octanol–water partition coefficient (Wildman–Crippen LogP) is 3.40. The molecule has 1 N–H and O–H groups in total. The molecule has 4 rings (SSSR count). The van der Waals surface area contributed by atoms with Gasteiger partial charge >= 0.3 is 0 Å². The van der Waals surface area contributed by atoms with E-state index in [1.54, 1.807) is 54.5 Å². The summed E-state index contributed by atoms with van der Waals surface area (Å²) in [5, 5.41) is 7.08. The number of nitrogens with zero attached hydrogens (tertiary/aromatic N) is 4. The molecule has 1 amide bonds. The molecule has 8 heteroatoms. The zero-order valence-corrected chi connectivity index (χ0v) is 15.5. The largest absolute Gasteiger partial charge is 0.337 e. The topological polar surface area (TPSA) is 64.7 Å². The van der Waals surface area contributed by atoms with Gasteiger partial charge in [0.1, 0.15) is 23.5 Å². The lowest BCUT2D eigenvalue weighted by Crippen LogP contribution is -2.31. The van der Waals surface area contributed by atoms with Crippen LogP contribution in [0, 0.1) is 11.6 Å². The van der Waals surface area contributed by atoms with Crippen LogP contribution in [0.4, 0.5) is 8.78 Å². The molecular formula is C21H17F2N5O. The lowest BCUT2D eigenvalue weighted by atomic mass is 10.1. The van der Waals surface area contributed by atoms with Gasteiger partial charge in [0.25, 0.3) is 5.91 Å². The van der Waals surface area contributed by atoms with Crippen molar-refractivity contribution in [2.75, 3.05) is 0 Å². The maximum atomic E-state index is 13.8. The molecule has 0 aliphatic heterocycles. The van der Waals surface area contributed by atoms with Gasteiger partial charge in [-0.05, 0) is 42.0 Å². The summed E-state index contributed by atoms with van der Waals surface area (Å²) in [5.41, 5.74) is 1.19. The third-order valence-corrected chi connectivity index (χ3v) is 4.47. The molecule has 0 saturated carbocycles. The van der Waals surface area contributed by atoms with Gasteiger partial charge in [-0.15, -0.1) is 0 Å². The van der Waals surface area contributed by atoms with Gasteiger partial charge in [0.2, 0.25) is 0 Å². The van der Waals surface area contributed by atoms with E-state index in [0.29, 0.717) is 17.1 Å². The lowest BCUT2D eigenvalue weighted by Gasteiger charge is -2.18. The molecule has 1 atom stereocenters. The molecule has 146 valence electrons. The number of amides is 1. The summed E-state index contributed by atoms with van der Waals surface area (Å²) in [6, 6.07) is 12.7. The third kappa shape index (κ3) is 3.91. The van der Waals surface area contributed by atoms with Crippen molar-refractivity contribution in [3.05, 3.63) is 102 Å². The summed E-state index contributed by atoms with van der Waals surface area (Å²) >= 11 is 0. The van der Waals surface area contributed by atoms with E-state index in [4.69, 9.17) is 0 Å². The molecule has 2 aromatic heterocycles. The molecule has 6 nitrogen and oxygen atoms in total. The molecule has 0 spiro atoms. The molecule has 2 aromatic carbocycles. The Labute approximate surface area is 165 Å². The molecule has 0 bridgehead atoms. The number of carbonyl (C=O) groups is 1. The number of aromatic nitrogens is 4. The van der Waals surface area contributed by atoms with Gasteiger partial charge in [-0.3, -0.25) is 4.79 Å². The van der Waals surface area contributed by atoms with Gasteiger partial charge in [0, 0.05) is 25.6 Å². The number of halogens is 2. The van der Waals surface area contributed by atoms with E-state index in [2.05, 4.69) is 15.4 Å². The SMILES string of the molecule is Cn1ccnc1C(NC(=O)c1ccn(-c2cccc(F)c2)n1)c1cccc(F)c1. The number of nitrogens with one attached hydrogen (secondary N) is 1. The van der Waals surface area contributed by atoms with Crippen molar-refractivity contribution < 1.29 is 13.6 Å². The molecule has 0 saturated heterocycles. The average Bonchev–Trinajstić information content (AvgIpc) is 3.35. The van der Waals surface area contributed by atoms with Crippen molar-refractivity contribution in [1.82, 2.24) is 24.6 Å². The van der Waals surface area contributed by atoms with Crippen molar-refractivity contribution in [3.63, 3.8) is 0 Å². The second-order valence-corrected chi connectivity index (χ2v) is 6.48. The van der Waals surface area contributed by atoms with Gasteiger partial charge in [0.05, 0.1) is 5.69 Å². The van der Waals surface area contributed by atoms with Gasteiger partial charge < -0.3 is 9.88 Å². The molecule has 0 radical (unpaired) electrons. The maximum absolute atomic E-state index is 13.8. The molecule has 29 heavy (non-hydrogen) atoms. The summed E-state index contributed by atoms with van der Waals surface area (Å²) in [4.78, 5) is 17.1. The van der Waals surface area contributed by atoms with Crippen molar-refractivity contribution >= 4 is 5.91 Å². The van der Waals surface area contributed by atoms with Crippen LogP contribution in [0.25, 0.3) is 5.69 Å². The Morgan fingerprint density at radius 3 is 2.48 bits per heavy atom. The van der Waals surface area contributed by atoms with Crippen molar-refractivity contribution in [2.24, 2.45) is 7.05 Å². The monoisotopic (exact) mass is 393 g/mol. The summed E-state index contributed by atoms with van der Waals surface area (Å²) < 4.78 is 30.4. The van der Waals surface area contributed by atoms with Crippen LogP contribution in [0.2, 0.25) is 0 Å². The quantitative estimate of drug-likeness (QED) is 0.565. The number of hydrogen-bond donors (Lipinski definition) is 1. The van der Waals surface area contributed by atoms with Crippen LogP contribution < -0.4 is 5.32 Å². The minimum Gasteiger partial charge on any atom is -0.337 e. The van der Waals surface area contributed by atoms with Crippen LogP contribution in [0.3, 0.4) is 0 Å². The highest BCUT2D eigenvalue weighted by Crippen LogP contribution is 2.22. The van der Waals surface area contributed by atoms with Crippen LogP contribution in [0.1, 0.15) is 27.9 Å². The number of hydrogen-bond acceptors (Lipinski definition) is 3. The third-order valence-electron chi connectivity index (χ3n) is 4.47. The van der Waals surface area contributed by atoms with Gasteiger partial charge in [-0.1, -0.05) is 18.2 Å². The highest BCUT2D eigenvalue weighted by atomic mass is 19.1. The fourth-order valence-corrected chi connectivity index (χ4v) is 3.05. The summed E-state index contributed by atoms with van der Waals surface area (Å²) in [5.74, 6) is -0.720. The van der Waals surface area contributed by atoms with Crippen molar-refractivity contribution in [2.45, 2.75) is 6.04 Å². The standard InChI is InChI=1S/C21H17F2N5O/c1-27-11-9-24-20(27)19(14-4-2-5-15(22)12-14)25-21(29)18-8-10-28(26-18)17-7-3-6-16(23)13-17/h2-13,19H,1H3,(H,25,29). The fraction of sp³-hybridized carbons (Fsp3) is 0.0952. The molecule has 4 aromatic rings. The van der Waals surface area contributed by atoms with Crippen molar-refractivity contribution in [1.29, 1.82) is 0 Å². The van der Waals surface area contributed by atoms with Crippen LogP contribution in [-0.2, 0) is 7.05 Å².